The largest absolute Gasteiger partial charge is 0.316 e. The summed E-state index contributed by atoms with van der Waals surface area (Å²) in [6, 6.07) is 4.79. The maximum atomic E-state index is 13.6. The lowest BCUT2D eigenvalue weighted by atomic mass is 9.71. The molecule has 0 spiro atoms. The number of nitrogens with one attached hydrogen (secondary N) is 1. The van der Waals surface area contributed by atoms with Gasteiger partial charge in [0.05, 0.1) is 0 Å². The maximum absolute atomic E-state index is 13.6. The van der Waals surface area contributed by atoms with Crippen molar-refractivity contribution in [3.8, 4) is 0 Å². The van der Waals surface area contributed by atoms with Gasteiger partial charge >= 0.3 is 0 Å². The first-order valence-electron chi connectivity index (χ1n) is 6.49. The van der Waals surface area contributed by atoms with Crippen molar-refractivity contribution in [2.45, 2.75) is 27.2 Å². The van der Waals surface area contributed by atoms with Crippen LogP contribution >= 0.6 is 0 Å². The van der Waals surface area contributed by atoms with Gasteiger partial charge in [-0.3, -0.25) is 4.79 Å². The van der Waals surface area contributed by atoms with E-state index in [-0.39, 0.29) is 22.9 Å². The summed E-state index contributed by atoms with van der Waals surface area (Å²) in [6.45, 7) is 7.39. The molecular formula is C15H20FNO. The van der Waals surface area contributed by atoms with Crippen LogP contribution in [0.5, 0.6) is 0 Å². The molecule has 0 radical (unpaired) electrons. The first kappa shape index (κ1) is 13.2. The number of carbonyl (C=O) groups is 1. The minimum atomic E-state index is -0.373. The van der Waals surface area contributed by atoms with Gasteiger partial charge in [-0.05, 0) is 37.4 Å². The van der Waals surface area contributed by atoms with Gasteiger partial charge in [0, 0.05) is 17.5 Å². The van der Waals surface area contributed by atoms with Crippen molar-refractivity contribution in [1.82, 2.24) is 5.32 Å². The van der Waals surface area contributed by atoms with E-state index >= 15 is 0 Å². The third-order valence-electron chi connectivity index (χ3n) is 4.18. The molecule has 3 heteroatoms. The maximum Gasteiger partial charge on any atom is 0.170 e. The Hall–Kier alpha value is -1.22. The van der Waals surface area contributed by atoms with Crippen molar-refractivity contribution in [1.29, 1.82) is 0 Å². The number of halogens is 1. The van der Waals surface area contributed by atoms with E-state index in [1.165, 1.54) is 6.07 Å². The summed E-state index contributed by atoms with van der Waals surface area (Å²) in [5.74, 6) is 0.0245. The van der Waals surface area contributed by atoms with E-state index in [4.69, 9.17) is 0 Å². The smallest absolute Gasteiger partial charge is 0.170 e. The quantitative estimate of drug-likeness (QED) is 0.834. The predicted octanol–water partition coefficient (Wildman–Crippen LogP) is 2.95. The molecule has 0 amide bonds. The number of hydrogen-bond acceptors (Lipinski definition) is 2. The summed E-state index contributed by atoms with van der Waals surface area (Å²) in [4.78, 5) is 12.7. The summed E-state index contributed by atoms with van der Waals surface area (Å²) >= 11 is 0. The molecule has 1 N–H and O–H groups in total. The van der Waals surface area contributed by atoms with Crippen molar-refractivity contribution < 1.29 is 9.18 Å². The number of ketones is 1. The summed E-state index contributed by atoms with van der Waals surface area (Å²) in [7, 11) is 0. The normalized spacial score (nSPS) is 23.6. The lowest BCUT2D eigenvalue weighted by molar-refractivity contribution is 0.0739. The molecule has 98 valence electrons. The topological polar surface area (TPSA) is 29.1 Å². The number of carbonyl (C=O) groups excluding carboxylic acids is 1. The minimum absolute atomic E-state index is 0.0707. The molecule has 1 unspecified atom stereocenters. The molecule has 1 atom stereocenters. The van der Waals surface area contributed by atoms with E-state index in [1.807, 2.05) is 0 Å². The van der Waals surface area contributed by atoms with E-state index in [2.05, 4.69) is 19.2 Å². The SMILES string of the molecule is Cc1ccc(C(=O)C2(C(C)C)CCNC2)cc1F. The van der Waals surface area contributed by atoms with Gasteiger partial charge in [-0.2, -0.15) is 0 Å². The van der Waals surface area contributed by atoms with Crippen molar-refractivity contribution in [2.75, 3.05) is 13.1 Å². The van der Waals surface area contributed by atoms with Crippen LogP contribution in [0.2, 0.25) is 0 Å². The second-order valence-corrected chi connectivity index (χ2v) is 5.53. The van der Waals surface area contributed by atoms with Crippen molar-refractivity contribution in [3.05, 3.63) is 35.1 Å². The first-order valence-corrected chi connectivity index (χ1v) is 6.49. The Bertz CT molecular complexity index is 462. The lowest BCUT2D eigenvalue weighted by Crippen LogP contribution is -2.38. The highest BCUT2D eigenvalue weighted by Crippen LogP contribution is 2.37. The van der Waals surface area contributed by atoms with E-state index in [1.54, 1.807) is 19.1 Å². The fourth-order valence-electron chi connectivity index (χ4n) is 2.68. The Balaban J connectivity index is 2.37. The van der Waals surface area contributed by atoms with Gasteiger partial charge in [0.2, 0.25) is 0 Å². The van der Waals surface area contributed by atoms with Crippen LogP contribution in [0.3, 0.4) is 0 Å². The van der Waals surface area contributed by atoms with E-state index < -0.39 is 0 Å². The Morgan fingerprint density at radius 2 is 2.17 bits per heavy atom. The average Bonchev–Trinajstić information content (AvgIpc) is 2.82. The van der Waals surface area contributed by atoms with Crippen LogP contribution in [-0.4, -0.2) is 18.9 Å². The minimum Gasteiger partial charge on any atom is -0.316 e. The number of aryl methyl sites for hydroxylation is 1. The van der Waals surface area contributed by atoms with Gasteiger partial charge in [0.15, 0.2) is 5.78 Å². The summed E-state index contributed by atoms with van der Waals surface area (Å²) < 4.78 is 13.6. The molecule has 0 bridgehead atoms. The molecule has 0 aliphatic carbocycles. The zero-order chi connectivity index (χ0) is 13.3. The molecule has 2 rings (SSSR count). The Kier molecular flexibility index (Phi) is 3.53. The zero-order valence-corrected chi connectivity index (χ0v) is 11.2. The standard InChI is InChI=1S/C15H20FNO/c1-10(2)15(6-7-17-9-15)14(18)12-5-4-11(3)13(16)8-12/h4-5,8,10,17H,6-7,9H2,1-3H3. The van der Waals surface area contributed by atoms with Crippen LogP contribution < -0.4 is 5.32 Å². The van der Waals surface area contributed by atoms with Crippen LogP contribution in [0.15, 0.2) is 18.2 Å². The third kappa shape index (κ3) is 2.07. The van der Waals surface area contributed by atoms with Crippen molar-refractivity contribution in [2.24, 2.45) is 11.3 Å². The van der Waals surface area contributed by atoms with Crippen molar-refractivity contribution >= 4 is 5.78 Å². The third-order valence-corrected chi connectivity index (χ3v) is 4.18. The summed E-state index contributed by atoms with van der Waals surface area (Å²) in [5, 5.41) is 3.26. The monoisotopic (exact) mass is 249 g/mol. The molecule has 1 aromatic carbocycles. The number of rotatable bonds is 3. The molecule has 1 aliphatic rings. The van der Waals surface area contributed by atoms with Crippen LogP contribution in [0, 0.1) is 24.1 Å². The Labute approximate surface area is 108 Å². The summed E-state index contributed by atoms with van der Waals surface area (Å²) in [6.07, 6.45) is 0.832. The highest BCUT2D eigenvalue weighted by Gasteiger charge is 2.44. The molecule has 1 saturated heterocycles. The average molecular weight is 249 g/mol. The predicted molar refractivity (Wildman–Crippen MR) is 70.2 cm³/mol. The molecule has 18 heavy (non-hydrogen) atoms. The number of Topliss-reactive ketones (excluding diaryl/α,β-unsaturated/α-hetero) is 1. The van der Waals surface area contributed by atoms with E-state index in [0.717, 1.165) is 13.0 Å². The Morgan fingerprint density at radius 1 is 1.44 bits per heavy atom. The van der Waals surface area contributed by atoms with Crippen LogP contribution in [0.4, 0.5) is 4.39 Å². The van der Waals surface area contributed by atoms with Gasteiger partial charge in [0.1, 0.15) is 5.82 Å². The molecule has 1 fully saturated rings. The van der Waals surface area contributed by atoms with E-state index in [9.17, 15) is 9.18 Å². The van der Waals surface area contributed by atoms with Gasteiger partial charge in [0.25, 0.3) is 0 Å². The van der Waals surface area contributed by atoms with Crippen LogP contribution in [0.25, 0.3) is 0 Å². The molecule has 0 aromatic heterocycles. The lowest BCUT2D eigenvalue weighted by Gasteiger charge is -2.31. The highest BCUT2D eigenvalue weighted by atomic mass is 19.1. The van der Waals surface area contributed by atoms with Gasteiger partial charge in [-0.15, -0.1) is 0 Å². The number of benzene rings is 1. The summed E-state index contributed by atoms with van der Waals surface area (Å²) in [5.41, 5.74) is 0.701. The first-order chi connectivity index (χ1) is 8.47. The zero-order valence-electron chi connectivity index (χ0n) is 11.2. The molecule has 2 nitrogen and oxygen atoms in total. The highest BCUT2D eigenvalue weighted by molar-refractivity contribution is 6.01. The number of hydrogen-bond donors (Lipinski definition) is 1. The second-order valence-electron chi connectivity index (χ2n) is 5.53. The van der Waals surface area contributed by atoms with Gasteiger partial charge in [-0.1, -0.05) is 26.0 Å². The molecule has 1 aromatic rings. The fourth-order valence-corrected chi connectivity index (χ4v) is 2.68. The van der Waals surface area contributed by atoms with Crippen molar-refractivity contribution in [3.63, 3.8) is 0 Å². The molecule has 1 heterocycles. The van der Waals surface area contributed by atoms with Crippen LogP contribution in [-0.2, 0) is 0 Å². The molecule has 1 aliphatic heterocycles. The van der Waals surface area contributed by atoms with Crippen LogP contribution in [0.1, 0.15) is 36.2 Å². The molecular weight excluding hydrogens is 229 g/mol. The fraction of sp³-hybridized carbons (Fsp3) is 0.533. The van der Waals surface area contributed by atoms with Gasteiger partial charge < -0.3 is 5.32 Å². The van der Waals surface area contributed by atoms with E-state index in [0.29, 0.717) is 17.7 Å². The van der Waals surface area contributed by atoms with Gasteiger partial charge in [-0.25, -0.2) is 4.39 Å². The molecule has 0 saturated carbocycles. The second kappa shape index (κ2) is 4.81. The Morgan fingerprint density at radius 3 is 2.67 bits per heavy atom.